The molecule has 1 aliphatic rings. The van der Waals surface area contributed by atoms with Crippen LogP contribution in [0.1, 0.15) is 41.0 Å². The number of alkyl halides is 6. The minimum Gasteiger partial charge on any atom is -0.300 e. The third kappa shape index (κ3) is 5.96. The van der Waals surface area contributed by atoms with Gasteiger partial charge in [0.1, 0.15) is 0 Å². The molecule has 0 radical (unpaired) electrons. The van der Waals surface area contributed by atoms with Crippen molar-refractivity contribution in [3.63, 3.8) is 0 Å². The number of rotatable bonds is 5. The number of hydrogen-bond donors (Lipinski definition) is 1. The predicted octanol–water partition coefficient (Wildman–Crippen LogP) is 5.65. The molecule has 1 aliphatic heterocycles. The molecule has 1 N–H and O–H groups in total. The second-order valence-electron chi connectivity index (χ2n) is 7.30. The molecule has 1 heterocycles. The number of nitrogens with one attached hydrogen (secondary N) is 1. The van der Waals surface area contributed by atoms with Crippen LogP contribution in [0.2, 0.25) is 0 Å². The average molecular weight is 416 g/mol. The summed E-state index contributed by atoms with van der Waals surface area (Å²) in [6.45, 7) is 2.00. The Kier molecular flexibility index (Phi) is 6.53. The van der Waals surface area contributed by atoms with E-state index in [-0.39, 0.29) is 18.2 Å². The van der Waals surface area contributed by atoms with Crippen molar-refractivity contribution in [1.82, 2.24) is 10.2 Å². The average Bonchev–Trinajstić information content (AvgIpc) is 2.68. The van der Waals surface area contributed by atoms with Crippen LogP contribution in [-0.4, -0.2) is 24.7 Å². The van der Waals surface area contributed by atoms with E-state index in [2.05, 4.69) is 22.3 Å². The zero-order chi connectivity index (χ0) is 21.1. The quantitative estimate of drug-likeness (QED) is 0.634. The van der Waals surface area contributed by atoms with Crippen molar-refractivity contribution >= 4 is 0 Å². The molecule has 158 valence electrons. The molecule has 0 bridgehead atoms. The van der Waals surface area contributed by atoms with E-state index in [0.29, 0.717) is 12.6 Å². The van der Waals surface area contributed by atoms with Crippen molar-refractivity contribution in [3.05, 3.63) is 70.8 Å². The van der Waals surface area contributed by atoms with Gasteiger partial charge in [0.25, 0.3) is 0 Å². The van der Waals surface area contributed by atoms with Crippen LogP contribution < -0.4 is 5.32 Å². The molecule has 2 aromatic rings. The summed E-state index contributed by atoms with van der Waals surface area (Å²) in [6, 6.07) is 11.9. The van der Waals surface area contributed by atoms with Crippen LogP contribution in [0, 0.1) is 0 Å². The fraction of sp³-hybridized carbons (Fsp3) is 0.429. The van der Waals surface area contributed by atoms with E-state index >= 15 is 0 Å². The van der Waals surface area contributed by atoms with Crippen LogP contribution >= 0.6 is 0 Å². The van der Waals surface area contributed by atoms with E-state index in [9.17, 15) is 26.3 Å². The van der Waals surface area contributed by atoms with E-state index in [1.165, 1.54) is 5.56 Å². The van der Waals surface area contributed by atoms with Gasteiger partial charge in [0.15, 0.2) is 0 Å². The van der Waals surface area contributed by atoms with Crippen LogP contribution in [0.5, 0.6) is 0 Å². The molecule has 8 heteroatoms. The molecule has 3 rings (SSSR count). The Hall–Kier alpha value is -2.06. The maximum atomic E-state index is 12.9. The van der Waals surface area contributed by atoms with E-state index in [0.717, 1.165) is 38.1 Å². The number of hydrogen-bond acceptors (Lipinski definition) is 2. The summed E-state index contributed by atoms with van der Waals surface area (Å²) >= 11 is 0. The molecule has 0 aliphatic carbocycles. The molecule has 0 atom stereocenters. The van der Waals surface area contributed by atoms with Crippen molar-refractivity contribution in [2.45, 2.75) is 37.7 Å². The molecule has 0 unspecified atom stereocenters. The first-order chi connectivity index (χ1) is 13.6. The lowest BCUT2D eigenvalue weighted by Gasteiger charge is -2.32. The van der Waals surface area contributed by atoms with Gasteiger partial charge in [-0.3, -0.25) is 4.90 Å². The molecular weight excluding hydrogens is 394 g/mol. The van der Waals surface area contributed by atoms with E-state index < -0.39 is 23.5 Å². The topological polar surface area (TPSA) is 15.3 Å². The van der Waals surface area contributed by atoms with Gasteiger partial charge in [0, 0.05) is 13.2 Å². The Bertz CT molecular complexity index is 761. The highest BCUT2D eigenvalue weighted by atomic mass is 19.4. The molecule has 0 aromatic heterocycles. The SMILES string of the molecule is FC(F)(F)c1cc(CNCN2CCC(c3ccccc3)CC2)cc(C(F)(F)F)c1. The maximum Gasteiger partial charge on any atom is 0.416 e. The second-order valence-corrected chi connectivity index (χ2v) is 7.30. The summed E-state index contributed by atoms with van der Waals surface area (Å²) in [5.74, 6) is 0.477. The van der Waals surface area contributed by atoms with Gasteiger partial charge in [-0.15, -0.1) is 0 Å². The van der Waals surface area contributed by atoms with Crippen LogP contribution in [-0.2, 0) is 18.9 Å². The Morgan fingerprint density at radius 3 is 1.90 bits per heavy atom. The van der Waals surface area contributed by atoms with E-state index in [4.69, 9.17) is 0 Å². The van der Waals surface area contributed by atoms with Crippen molar-refractivity contribution < 1.29 is 26.3 Å². The Balaban J connectivity index is 1.55. The van der Waals surface area contributed by atoms with E-state index in [1.807, 2.05) is 18.2 Å². The van der Waals surface area contributed by atoms with Crippen LogP contribution in [0.15, 0.2) is 48.5 Å². The number of benzene rings is 2. The molecule has 0 spiro atoms. The molecule has 1 fully saturated rings. The Morgan fingerprint density at radius 1 is 0.828 bits per heavy atom. The Morgan fingerprint density at radius 2 is 1.38 bits per heavy atom. The van der Waals surface area contributed by atoms with Gasteiger partial charge < -0.3 is 5.32 Å². The molecule has 0 amide bonds. The highest BCUT2D eigenvalue weighted by Gasteiger charge is 2.36. The lowest BCUT2D eigenvalue weighted by molar-refractivity contribution is -0.143. The summed E-state index contributed by atoms with van der Waals surface area (Å²) in [5.41, 5.74) is -1.31. The highest BCUT2D eigenvalue weighted by Crippen LogP contribution is 2.36. The summed E-state index contributed by atoms with van der Waals surface area (Å²) < 4.78 is 77.6. The third-order valence-corrected chi connectivity index (χ3v) is 5.17. The number of likely N-dealkylation sites (tertiary alicyclic amines) is 1. The summed E-state index contributed by atoms with van der Waals surface area (Å²) in [6.07, 6.45) is -7.72. The first-order valence-corrected chi connectivity index (χ1v) is 9.39. The standard InChI is InChI=1S/C21H22F6N2/c22-20(23,24)18-10-15(11-19(12-18)21(25,26)27)13-28-14-29-8-6-17(7-9-29)16-4-2-1-3-5-16/h1-5,10-12,17,28H,6-9,13-14H2. The molecule has 0 saturated carbocycles. The molecule has 1 saturated heterocycles. The largest absolute Gasteiger partial charge is 0.416 e. The summed E-state index contributed by atoms with van der Waals surface area (Å²) in [7, 11) is 0. The summed E-state index contributed by atoms with van der Waals surface area (Å²) in [4.78, 5) is 2.12. The van der Waals surface area contributed by atoms with Gasteiger partial charge in [-0.05, 0) is 61.2 Å². The number of halogens is 6. The molecule has 29 heavy (non-hydrogen) atoms. The molecule has 2 nitrogen and oxygen atoms in total. The van der Waals surface area contributed by atoms with Crippen molar-refractivity contribution in [2.75, 3.05) is 19.8 Å². The highest BCUT2D eigenvalue weighted by molar-refractivity contribution is 5.33. The van der Waals surface area contributed by atoms with Gasteiger partial charge >= 0.3 is 12.4 Å². The normalized spacial score (nSPS) is 16.9. The monoisotopic (exact) mass is 416 g/mol. The fourth-order valence-electron chi connectivity index (χ4n) is 3.63. The van der Waals surface area contributed by atoms with Crippen LogP contribution in [0.3, 0.4) is 0 Å². The maximum absolute atomic E-state index is 12.9. The van der Waals surface area contributed by atoms with Crippen molar-refractivity contribution in [3.8, 4) is 0 Å². The zero-order valence-electron chi connectivity index (χ0n) is 15.7. The smallest absolute Gasteiger partial charge is 0.300 e. The van der Waals surface area contributed by atoms with Crippen molar-refractivity contribution in [2.24, 2.45) is 0 Å². The molecular formula is C21H22F6N2. The third-order valence-electron chi connectivity index (χ3n) is 5.17. The first kappa shape index (κ1) is 21.6. The second kappa shape index (κ2) is 8.75. The van der Waals surface area contributed by atoms with Gasteiger partial charge in [-0.25, -0.2) is 0 Å². The van der Waals surface area contributed by atoms with E-state index in [1.54, 1.807) is 0 Å². The van der Waals surface area contributed by atoms with Crippen LogP contribution in [0.25, 0.3) is 0 Å². The number of piperidine rings is 1. The number of nitrogens with zero attached hydrogens (tertiary/aromatic N) is 1. The minimum absolute atomic E-state index is 0.0358. The summed E-state index contributed by atoms with van der Waals surface area (Å²) in [5, 5.41) is 2.97. The van der Waals surface area contributed by atoms with Crippen molar-refractivity contribution in [1.29, 1.82) is 0 Å². The zero-order valence-corrected chi connectivity index (χ0v) is 15.7. The first-order valence-electron chi connectivity index (χ1n) is 9.39. The lowest BCUT2D eigenvalue weighted by Crippen LogP contribution is -2.39. The fourth-order valence-corrected chi connectivity index (χ4v) is 3.63. The predicted molar refractivity (Wildman–Crippen MR) is 98.1 cm³/mol. The molecule has 2 aromatic carbocycles. The minimum atomic E-state index is -4.82. The van der Waals surface area contributed by atoms with Crippen LogP contribution in [0.4, 0.5) is 26.3 Å². The van der Waals surface area contributed by atoms with Gasteiger partial charge in [0.2, 0.25) is 0 Å². The van der Waals surface area contributed by atoms with Gasteiger partial charge in [0.05, 0.1) is 11.1 Å². The van der Waals surface area contributed by atoms with Gasteiger partial charge in [-0.2, -0.15) is 26.3 Å². The van der Waals surface area contributed by atoms with Gasteiger partial charge in [-0.1, -0.05) is 30.3 Å². The lowest BCUT2D eigenvalue weighted by atomic mass is 9.90. The Labute approximate surface area is 165 Å².